The van der Waals surface area contributed by atoms with Crippen molar-refractivity contribution in [3.05, 3.63) is 69.0 Å². The number of primary amides is 1. The molecule has 0 radical (unpaired) electrons. The number of para-hydroxylation sites is 1. The molecule has 0 saturated carbocycles. The second kappa shape index (κ2) is 6.10. The van der Waals surface area contributed by atoms with Gasteiger partial charge in [0.25, 0.3) is 5.91 Å². The number of fused-ring (bicyclic) bond motifs is 2. The molecule has 7 heteroatoms. The summed E-state index contributed by atoms with van der Waals surface area (Å²) in [4.78, 5) is 29.0. The molecule has 1 aliphatic heterocycles. The van der Waals surface area contributed by atoms with Crippen LogP contribution in [0.3, 0.4) is 0 Å². The second-order valence-electron chi connectivity index (χ2n) is 6.71. The minimum absolute atomic E-state index is 0.194. The van der Waals surface area contributed by atoms with Gasteiger partial charge < -0.3 is 15.3 Å². The lowest BCUT2D eigenvalue weighted by molar-refractivity contribution is 0.0992. The topological polar surface area (TPSA) is 84.1 Å². The summed E-state index contributed by atoms with van der Waals surface area (Å²) >= 11 is 0. The van der Waals surface area contributed by atoms with Gasteiger partial charge in [-0.05, 0) is 30.2 Å². The summed E-state index contributed by atoms with van der Waals surface area (Å²) in [6.45, 7) is 1.92. The molecule has 1 aromatic carbocycles. The number of rotatable bonds is 3. The summed E-state index contributed by atoms with van der Waals surface area (Å²) < 4.78 is 15.8. The molecule has 134 valence electrons. The highest BCUT2D eigenvalue weighted by molar-refractivity contribution is 5.91. The van der Waals surface area contributed by atoms with E-state index in [0.29, 0.717) is 29.9 Å². The highest BCUT2D eigenvalue weighted by Crippen LogP contribution is 2.23. The van der Waals surface area contributed by atoms with Gasteiger partial charge in [0, 0.05) is 49.5 Å². The first kappa shape index (κ1) is 16.5. The summed E-state index contributed by atoms with van der Waals surface area (Å²) in [5.74, 6) is -0.876. The molecule has 26 heavy (non-hydrogen) atoms. The van der Waals surface area contributed by atoms with Crippen LogP contribution < -0.4 is 11.2 Å². The zero-order valence-corrected chi connectivity index (χ0v) is 14.4. The summed E-state index contributed by atoms with van der Waals surface area (Å²) in [6.07, 6.45) is 0.794. The molecule has 3 N–H and O–H groups in total. The van der Waals surface area contributed by atoms with Crippen molar-refractivity contribution in [2.75, 3.05) is 6.54 Å². The molecule has 4 rings (SSSR count). The fraction of sp³-hybridized carbons (Fsp3) is 0.263. The Morgan fingerprint density at radius 2 is 2.15 bits per heavy atom. The van der Waals surface area contributed by atoms with E-state index >= 15 is 0 Å². The van der Waals surface area contributed by atoms with E-state index in [9.17, 15) is 14.0 Å². The van der Waals surface area contributed by atoms with Gasteiger partial charge in [-0.1, -0.05) is 6.07 Å². The molecule has 0 saturated heterocycles. The molecule has 0 atom stereocenters. The average molecular weight is 354 g/mol. The highest BCUT2D eigenvalue weighted by atomic mass is 19.1. The number of pyridine rings is 1. The Kier molecular flexibility index (Phi) is 3.88. The number of aromatic amines is 1. The lowest BCUT2D eigenvalue weighted by Gasteiger charge is -2.27. The van der Waals surface area contributed by atoms with Crippen molar-refractivity contribution in [1.82, 2.24) is 14.5 Å². The number of nitrogens with zero attached hydrogens (tertiary/aromatic N) is 2. The first-order chi connectivity index (χ1) is 12.4. The zero-order chi connectivity index (χ0) is 18.4. The molecule has 0 spiro atoms. The number of amides is 1. The Balaban J connectivity index is 1.63. The van der Waals surface area contributed by atoms with E-state index in [1.165, 1.54) is 18.2 Å². The third-order valence-corrected chi connectivity index (χ3v) is 5.03. The number of aromatic nitrogens is 2. The largest absolute Gasteiger partial charge is 0.364 e. The van der Waals surface area contributed by atoms with Crippen LogP contribution in [0.25, 0.3) is 10.9 Å². The van der Waals surface area contributed by atoms with Crippen LogP contribution in [0.1, 0.15) is 27.4 Å². The number of nitrogens with one attached hydrogen (secondary N) is 1. The van der Waals surface area contributed by atoms with Gasteiger partial charge in [-0.3, -0.25) is 14.5 Å². The Labute approximate surface area is 149 Å². The van der Waals surface area contributed by atoms with E-state index in [0.717, 1.165) is 24.2 Å². The van der Waals surface area contributed by atoms with Crippen LogP contribution in [0, 0.1) is 5.82 Å². The van der Waals surface area contributed by atoms with Crippen molar-refractivity contribution >= 4 is 16.8 Å². The molecule has 0 bridgehead atoms. The Bertz CT molecular complexity index is 1080. The molecular formula is C19H19FN4O2. The van der Waals surface area contributed by atoms with Crippen molar-refractivity contribution < 1.29 is 9.18 Å². The zero-order valence-electron chi connectivity index (χ0n) is 14.4. The van der Waals surface area contributed by atoms with Crippen molar-refractivity contribution in [3.8, 4) is 0 Å². The monoisotopic (exact) mass is 354 g/mol. The number of nitrogens with two attached hydrogens (primary N) is 1. The molecule has 6 nitrogen and oxygen atoms in total. The predicted octanol–water partition coefficient (Wildman–Crippen LogP) is 1.66. The molecule has 1 aliphatic rings. The summed E-state index contributed by atoms with van der Waals surface area (Å²) in [7, 11) is 1.83. The summed E-state index contributed by atoms with van der Waals surface area (Å²) in [5.41, 5.74) is 8.79. The van der Waals surface area contributed by atoms with Gasteiger partial charge in [0.15, 0.2) is 5.43 Å². The van der Waals surface area contributed by atoms with Crippen molar-refractivity contribution in [1.29, 1.82) is 0 Å². The van der Waals surface area contributed by atoms with Gasteiger partial charge in [0.1, 0.15) is 11.5 Å². The molecule has 3 heterocycles. The maximum atomic E-state index is 14.0. The van der Waals surface area contributed by atoms with Crippen LogP contribution in [0.4, 0.5) is 4.39 Å². The summed E-state index contributed by atoms with van der Waals surface area (Å²) in [6, 6.07) is 7.86. The Hall–Kier alpha value is -2.93. The fourth-order valence-corrected chi connectivity index (χ4v) is 3.69. The van der Waals surface area contributed by atoms with E-state index in [-0.39, 0.29) is 10.9 Å². The fourth-order valence-electron chi connectivity index (χ4n) is 3.69. The normalized spacial score (nSPS) is 14.5. The standard InChI is InChI=1S/C19H19FN4O2/c1-23-15(19(21)26)7-11-5-6-24(10-16(11)23)9-12-8-17(25)13-3-2-4-14(20)18(13)22-12/h2-4,7-8H,5-6,9-10H2,1H3,(H2,21,26)(H,22,25). The highest BCUT2D eigenvalue weighted by Gasteiger charge is 2.23. The van der Waals surface area contributed by atoms with Crippen LogP contribution >= 0.6 is 0 Å². The number of hydrogen-bond acceptors (Lipinski definition) is 3. The van der Waals surface area contributed by atoms with Gasteiger partial charge >= 0.3 is 0 Å². The Morgan fingerprint density at radius 1 is 1.35 bits per heavy atom. The first-order valence-electron chi connectivity index (χ1n) is 8.44. The minimum atomic E-state index is -0.442. The van der Waals surface area contributed by atoms with E-state index in [1.807, 2.05) is 17.7 Å². The van der Waals surface area contributed by atoms with Gasteiger partial charge in [-0.25, -0.2) is 4.39 Å². The van der Waals surface area contributed by atoms with E-state index in [2.05, 4.69) is 9.88 Å². The SMILES string of the molecule is Cn1c(C(N)=O)cc2c1CN(Cc1cc(=O)c3cccc(F)c3[nH]1)CC2. The maximum Gasteiger partial charge on any atom is 0.265 e. The van der Waals surface area contributed by atoms with Gasteiger partial charge in [-0.2, -0.15) is 0 Å². The number of benzene rings is 1. The molecule has 0 unspecified atom stereocenters. The molecule has 0 aliphatic carbocycles. The first-order valence-corrected chi connectivity index (χ1v) is 8.44. The lowest BCUT2D eigenvalue weighted by Crippen LogP contribution is -2.31. The average Bonchev–Trinajstić information content (AvgIpc) is 2.93. The van der Waals surface area contributed by atoms with Crippen LogP contribution in [0.5, 0.6) is 0 Å². The predicted molar refractivity (Wildman–Crippen MR) is 96.3 cm³/mol. The minimum Gasteiger partial charge on any atom is -0.364 e. The number of H-pyrrole nitrogens is 1. The third kappa shape index (κ3) is 2.70. The van der Waals surface area contributed by atoms with Crippen molar-refractivity contribution in [2.24, 2.45) is 12.8 Å². The van der Waals surface area contributed by atoms with Crippen LogP contribution in [-0.2, 0) is 26.6 Å². The lowest BCUT2D eigenvalue weighted by atomic mass is 10.1. The smallest absolute Gasteiger partial charge is 0.265 e. The quantitative estimate of drug-likeness (QED) is 0.750. The number of halogens is 1. The van der Waals surface area contributed by atoms with E-state index in [1.54, 1.807) is 6.07 Å². The second-order valence-corrected chi connectivity index (χ2v) is 6.71. The number of hydrogen-bond donors (Lipinski definition) is 2. The maximum absolute atomic E-state index is 14.0. The number of carbonyl (C=O) groups is 1. The van der Waals surface area contributed by atoms with E-state index in [4.69, 9.17) is 5.73 Å². The molecule has 2 aromatic heterocycles. The van der Waals surface area contributed by atoms with E-state index < -0.39 is 11.7 Å². The van der Waals surface area contributed by atoms with Crippen LogP contribution in [0.2, 0.25) is 0 Å². The van der Waals surface area contributed by atoms with Gasteiger partial charge in [0.2, 0.25) is 0 Å². The molecule has 3 aromatic rings. The summed E-state index contributed by atoms with van der Waals surface area (Å²) in [5, 5.41) is 0.350. The van der Waals surface area contributed by atoms with Crippen LogP contribution in [-0.4, -0.2) is 26.9 Å². The van der Waals surface area contributed by atoms with Crippen LogP contribution in [0.15, 0.2) is 35.1 Å². The number of carbonyl (C=O) groups excluding carboxylic acids is 1. The third-order valence-electron chi connectivity index (χ3n) is 5.03. The van der Waals surface area contributed by atoms with Crippen molar-refractivity contribution in [2.45, 2.75) is 19.5 Å². The van der Waals surface area contributed by atoms with Crippen molar-refractivity contribution in [3.63, 3.8) is 0 Å². The van der Waals surface area contributed by atoms with Gasteiger partial charge in [0.05, 0.1) is 5.52 Å². The van der Waals surface area contributed by atoms with Gasteiger partial charge in [-0.15, -0.1) is 0 Å². The molecular weight excluding hydrogens is 335 g/mol. The Morgan fingerprint density at radius 3 is 2.92 bits per heavy atom. The molecule has 1 amide bonds. The molecule has 0 fully saturated rings.